The van der Waals surface area contributed by atoms with Crippen LogP contribution in [0.5, 0.6) is 0 Å². The molecule has 22 heavy (non-hydrogen) atoms. The first-order valence-electron chi connectivity index (χ1n) is 6.51. The van der Waals surface area contributed by atoms with Crippen molar-refractivity contribution in [1.29, 1.82) is 0 Å². The zero-order valence-corrected chi connectivity index (χ0v) is 13.2. The molecule has 0 heterocycles. The van der Waals surface area contributed by atoms with Crippen molar-refractivity contribution >= 4 is 21.8 Å². The number of benzene rings is 2. The highest BCUT2D eigenvalue weighted by Gasteiger charge is 2.30. The Kier molecular flexibility index (Phi) is 4.90. The summed E-state index contributed by atoms with van der Waals surface area (Å²) in [5.74, 6) is -0.543. The molecule has 0 aromatic heterocycles. The maximum absolute atomic E-state index is 12.7. The lowest BCUT2D eigenvalue weighted by molar-refractivity contribution is -0.137. The fourth-order valence-corrected chi connectivity index (χ4v) is 2.39. The van der Waals surface area contributed by atoms with E-state index < -0.39 is 17.6 Å². The maximum atomic E-state index is 12.7. The molecule has 0 saturated carbocycles. The Morgan fingerprint density at radius 2 is 1.82 bits per heavy atom. The van der Waals surface area contributed by atoms with Crippen LogP contribution in [0.3, 0.4) is 0 Å². The summed E-state index contributed by atoms with van der Waals surface area (Å²) in [5, 5.41) is 2.69. The van der Waals surface area contributed by atoms with E-state index in [2.05, 4.69) is 21.2 Å². The summed E-state index contributed by atoms with van der Waals surface area (Å²) in [5.41, 5.74) is 0.00151. The standard InChI is InChI=1S/C16H13BrF3NO/c1-10(11-4-3-7-14(17)9-11)21-15(22)12-5-2-6-13(8-12)16(18,19)20/h2-10H,1H3,(H,21,22). The van der Waals surface area contributed by atoms with E-state index in [4.69, 9.17) is 0 Å². The van der Waals surface area contributed by atoms with Crippen molar-refractivity contribution in [3.63, 3.8) is 0 Å². The lowest BCUT2D eigenvalue weighted by Crippen LogP contribution is -2.27. The van der Waals surface area contributed by atoms with E-state index in [0.717, 1.165) is 22.2 Å². The minimum absolute atomic E-state index is 0.0170. The lowest BCUT2D eigenvalue weighted by Gasteiger charge is -2.15. The van der Waals surface area contributed by atoms with Crippen molar-refractivity contribution < 1.29 is 18.0 Å². The van der Waals surface area contributed by atoms with E-state index >= 15 is 0 Å². The Bertz CT molecular complexity index is 685. The molecule has 0 fully saturated rings. The second-order valence-electron chi connectivity index (χ2n) is 4.83. The quantitative estimate of drug-likeness (QED) is 0.811. The molecule has 1 unspecified atom stereocenters. The minimum atomic E-state index is -4.47. The van der Waals surface area contributed by atoms with E-state index in [1.54, 1.807) is 6.92 Å². The second-order valence-corrected chi connectivity index (χ2v) is 5.74. The molecule has 0 aliphatic carbocycles. The SMILES string of the molecule is CC(NC(=O)c1cccc(C(F)(F)F)c1)c1cccc(Br)c1. The molecule has 0 bridgehead atoms. The molecule has 6 heteroatoms. The Hall–Kier alpha value is -1.82. The third kappa shape index (κ3) is 4.10. The molecule has 116 valence electrons. The van der Waals surface area contributed by atoms with Gasteiger partial charge in [0.25, 0.3) is 5.91 Å². The van der Waals surface area contributed by atoms with Crippen LogP contribution in [0.4, 0.5) is 13.2 Å². The van der Waals surface area contributed by atoms with E-state index in [-0.39, 0.29) is 11.6 Å². The van der Waals surface area contributed by atoms with Crippen molar-refractivity contribution in [3.8, 4) is 0 Å². The summed E-state index contributed by atoms with van der Waals surface area (Å²) in [4.78, 5) is 12.1. The zero-order valence-electron chi connectivity index (χ0n) is 11.6. The third-order valence-corrected chi connectivity index (χ3v) is 3.64. The molecule has 0 radical (unpaired) electrons. The van der Waals surface area contributed by atoms with Gasteiger partial charge in [0.05, 0.1) is 11.6 Å². The average Bonchev–Trinajstić information content (AvgIpc) is 2.46. The van der Waals surface area contributed by atoms with Gasteiger partial charge in [0.1, 0.15) is 0 Å². The van der Waals surface area contributed by atoms with Gasteiger partial charge in [-0.1, -0.05) is 34.1 Å². The maximum Gasteiger partial charge on any atom is 0.416 e. The van der Waals surface area contributed by atoms with Crippen LogP contribution in [0.15, 0.2) is 53.0 Å². The van der Waals surface area contributed by atoms with E-state index in [1.165, 1.54) is 12.1 Å². The highest BCUT2D eigenvalue weighted by Crippen LogP contribution is 2.29. The van der Waals surface area contributed by atoms with Gasteiger partial charge in [0.15, 0.2) is 0 Å². The number of hydrogen-bond acceptors (Lipinski definition) is 1. The van der Waals surface area contributed by atoms with Gasteiger partial charge in [-0.15, -0.1) is 0 Å². The fourth-order valence-electron chi connectivity index (χ4n) is 1.98. The summed E-state index contributed by atoms with van der Waals surface area (Å²) >= 11 is 3.34. The number of carbonyl (C=O) groups excluding carboxylic acids is 1. The van der Waals surface area contributed by atoms with E-state index in [0.29, 0.717) is 0 Å². The molecule has 0 saturated heterocycles. The number of carbonyl (C=O) groups is 1. The number of halogens is 4. The van der Waals surface area contributed by atoms with Crippen LogP contribution >= 0.6 is 15.9 Å². The van der Waals surface area contributed by atoms with Gasteiger partial charge in [-0.25, -0.2) is 0 Å². The van der Waals surface area contributed by atoms with Crippen LogP contribution < -0.4 is 5.32 Å². The van der Waals surface area contributed by atoms with Crippen molar-refractivity contribution in [2.75, 3.05) is 0 Å². The number of amides is 1. The van der Waals surface area contributed by atoms with Gasteiger partial charge in [0, 0.05) is 10.0 Å². The molecule has 1 amide bonds. The van der Waals surface area contributed by atoms with E-state index in [1.807, 2.05) is 24.3 Å². The van der Waals surface area contributed by atoms with Gasteiger partial charge in [0.2, 0.25) is 0 Å². The molecular weight excluding hydrogens is 359 g/mol. The number of hydrogen-bond donors (Lipinski definition) is 1. The fraction of sp³-hybridized carbons (Fsp3) is 0.188. The van der Waals surface area contributed by atoms with Crippen LogP contribution in [0.2, 0.25) is 0 Å². The summed E-state index contributed by atoms with van der Waals surface area (Å²) in [6.45, 7) is 1.77. The normalized spacial score (nSPS) is 12.8. The monoisotopic (exact) mass is 371 g/mol. The largest absolute Gasteiger partial charge is 0.416 e. The van der Waals surface area contributed by atoms with Crippen molar-refractivity contribution in [1.82, 2.24) is 5.32 Å². The Labute approximate surface area is 134 Å². The summed E-state index contributed by atoms with van der Waals surface area (Å²) in [6, 6.07) is 11.4. The third-order valence-electron chi connectivity index (χ3n) is 3.15. The predicted molar refractivity (Wildman–Crippen MR) is 81.5 cm³/mol. The summed E-state index contributed by atoms with van der Waals surface area (Å²) < 4.78 is 38.9. The topological polar surface area (TPSA) is 29.1 Å². The zero-order chi connectivity index (χ0) is 16.3. The van der Waals surface area contributed by atoms with Gasteiger partial charge < -0.3 is 5.32 Å². The predicted octanol–water partition coefficient (Wildman–Crippen LogP) is 4.96. The van der Waals surface area contributed by atoms with Gasteiger partial charge >= 0.3 is 6.18 Å². The molecule has 2 nitrogen and oxygen atoms in total. The van der Waals surface area contributed by atoms with Gasteiger partial charge in [-0.05, 0) is 42.8 Å². The molecular formula is C16H13BrF3NO. The summed E-state index contributed by atoms with van der Waals surface area (Å²) in [7, 11) is 0. The summed E-state index contributed by atoms with van der Waals surface area (Å²) in [6.07, 6.45) is -4.47. The minimum Gasteiger partial charge on any atom is -0.346 e. The first kappa shape index (κ1) is 16.5. The Morgan fingerprint density at radius 1 is 1.14 bits per heavy atom. The Morgan fingerprint density at radius 3 is 2.45 bits per heavy atom. The highest BCUT2D eigenvalue weighted by atomic mass is 79.9. The lowest BCUT2D eigenvalue weighted by atomic mass is 10.1. The van der Waals surface area contributed by atoms with Crippen LogP contribution in [0, 0.1) is 0 Å². The average molecular weight is 372 g/mol. The van der Waals surface area contributed by atoms with E-state index in [9.17, 15) is 18.0 Å². The number of rotatable bonds is 3. The van der Waals surface area contributed by atoms with Crippen LogP contribution in [-0.4, -0.2) is 5.91 Å². The van der Waals surface area contributed by atoms with Gasteiger partial charge in [-0.3, -0.25) is 4.79 Å². The second kappa shape index (κ2) is 6.52. The molecule has 2 aromatic rings. The Balaban J connectivity index is 2.15. The molecule has 0 aliphatic heterocycles. The van der Waals surface area contributed by atoms with Gasteiger partial charge in [-0.2, -0.15) is 13.2 Å². The highest BCUT2D eigenvalue weighted by molar-refractivity contribution is 9.10. The first-order valence-corrected chi connectivity index (χ1v) is 7.30. The van der Waals surface area contributed by atoms with Crippen LogP contribution in [0.1, 0.15) is 34.5 Å². The first-order chi connectivity index (χ1) is 10.3. The smallest absolute Gasteiger partial charge is 0.346 e. The van der Waals surface area contributed by atoms with Crippen LogP contribution in [0.25, 0.3) is 0 Å². The molecule has 2 rings (SSSR count). The van der Waals surface area contributed by atoms with Crippen molar-refractivity contribution in [2.24, 2.45) is 0 Å². The van der Waals surface area contributed by atoms with Crippen LogP contribution in [-0.2, 0) is 6.18 Å². The number of nitrogens with one attached hydrogen (secondary N) is 1. The number of alkyl halides is 3. The molecule has 0 aliphatic rings. The molecule has 0 spiro atoms. The molecule has 1 N–H and O–H groups in total. The molecule has 1 atom stereocenters. The van der Waals surface area contributed by atoms with Crippen molar-refractivity contribution in [3.05, 3.63) is 69.7 Å². The molecule has 2 aromatic carbocycles. The van der Waals surface area contributed by atoms with Crippen molar-refractivity contribution in [2.45, 2.75) is 19.1 Å².